The van der Waals surface area contributed by atoms with Crippen LogP contribution in [0.5, 0.6) is 0 Å². The second-order valence-corrected chi connectivity index (χ2v) is 10.3. The zero-order valence-corrected chi connectivity index (χ0v) is 19.0. The number of benzene rings is 2. The molecule has 1 N–H and O–H groups in total. The van der Waals surface area contributed by atoms with Gasteiger partial charge in [-0.1, -0.05) is 48.5 Å². The van der Waals surface area contributed by atoms with Gasteiger partial charge in [-0.05, 0) is 30.5 Å². The van der Waals surface area contributed by atoms with E-state index in [4.69, 9.17) is 0 Å². The van der Waals surface area contributed by atoms with Gasteiger partial charge < -0.3 is 10.2 Å². The number of carbonyl (C=O) groups is 2. The molecule has 8 heteroatoms. The summed E-state index contributed by atoms with van der Waals surface area (Å²) < 4.78 is 23.7. The van der Waals surface area contributed by atoms with Crippen molar-refractivity contribution in [1.29, 1.82) is 0 Å². The molecule has 0 spiro atoms. The monoisotopic (exact) mass is 443 g/mol. The van der Waals surface area contributed by atoms with Gasteiger partial charge in [0, 0.05) is 25.8 Å². The van der Waals surface area contributed by atoms with Gasteiger partial charge in [-0.3, -0.25) is 14.5 Å². The minimum absolute atomic E-state index is 0.0281. The van der Waals surface area contributed by atoms with E-state index in [0.717, 1.165) is 22.4 Å². The van der Waals surface area contributed by atoms with Crippen LogP contribution in [0.4, 0.5) is 5.69 Å². The summed E-state index contributed by atoms with van der Waals surface area (Å²) in [5, 5.41) is 2.91. The van der Waals surface area contributed by atoms with Crippen LogP contribution < -0.4 is 5.32 Å². The molecule has 1 atom stereocenters. The molecule has 31 heavy (non-hydrogen) atoms. The predicted molar refractivity (Wildman–Crippen MR) is 122 cm³/mol. The average molecular weight is 444 g/mol. The van der Waals surface area contributed by atoms with E-state index in [9.17, 15) is 18.0 Å². The van der Waals surface area contributed by atoms with Gasteiger partial charge in [-0.25, -0.2) is 8.42 Å². The van der Waals surface area contributed by atoms with Crippen molar-refractivity contribution in [1.82, 2.24) is 9.80 Å². The molecule has 1 saturated heterocycles. The molecule has 0 aliphatic carbocycles. The van der Waals surface area contributed by atoms with Gasteiger partial charge in [0.15, 0.2) is 9.84 Å². The number of sulfone groups is 1. The van der Waals surface area contributed by atoms with E-state index in [2.05, 4.69) is 5.32 Å². The Morgan fingerprint density at radius 1 is 1.00 bits per heavy atom. The van der Waals surface area contributed by atoms with Crippen LogP contribution in [0, 0.1) is 13.8 Å². The third-order valence-electron chi connectivity index (χ3n) is 5.60. The van der Waals surface area contributed by atoms with Gasteiger partial charge in [-0.15, -0.1) is 0 Å². The number of nitrogens with one attached hydrogen (secondary N) is 1. The Labute approximate surface area is 184 Å². The molecule has 1 aliphatic heterocycles. The maximum atomic E-state index is 13.4. The van der Waals surface area contributed by atoms with E-state index in [1.807, 2.05) is 67.3 Å². The number of para-hydroxylation sites is 1. The van der Waals surface area contributed by atoms with Crippen molar-refractivity contribution < 1.29 is 18.0 Å². The number of carbonyl (C=O) groups excluding carboxylic acids is 2. The Morgan fingerprint density at radius 3 is 2.16 bits per heavy atom. The van der Waals surface area contributed by atoms with Gasteiger partial charge in [0.25, 0.3) is 0 Å². The van der Waals surface area contributed by atoms with Crippen molar-refractivity contribution in [2.75, 3.05) is 43.5 Å². The Morgan fingerprint density at radius 2 is 1.58 bits per heavy atom. The second kappa shape index (κ2) is 9.62. The summed E-state index contributed by atoms with van der Waals surface area (Å²) in [7, 11) is -1.47. The van der Waals surface area contributed by atoms with E-state index >= 15 is 0 Å². The van der Waals surface area contributed by atoms with E-state index in [1.54, 1.807) is 7.05 Å². The Balaban J connectivity index is 1.75. The topological polar surface area (TPSA) is 86.8 Å². The molecule has 2 aromatic rings. The first kappa shape index (κ1) is 23.0. The van der Waals surface area contributed by atoms with Crippen molar-refractivity contribution in [3.63, 3.8) is 0 Å². The highest BCUT2D eigenvalue weighted by molar-refractivity contribution is 7.91. The molecule has 2 aromatic carbocycles. The lowest BCUT2D eigenvalue weighted by molar-refractivity contribution is -0.138. The molecule has 166 valence electrons. The first-order chi connectivity index (χ1) is 14.7. The smallest absolute Gasteiger partial charge is 0.244 e. The fraction of sp³-hybridized carbons (Fsp3) is 0.391. The van der Waals surface area contributed by atoms with Crippen molar-refractivity contribution in [3.05, 3.63) is 65.2 Å². The lowest BCUT2D eigenvalue weighted by Crippen LogP contribution is -2.49. The molecule has 0 bridgehead atoms. The highest BCUT2D eigenvalue weighted by atomic mass is 32.2. The van der Waals surface area contributed by atoms with Crippen molar-refractivity contribution >= 4 is 27.3 Å². The predicted octanol–water partition coefficient (Wildman–Crippen LogP) is 2.17. The molecule has 1 aliphatic rings. The van der Waals surface area contributed by atoms with Gasteiger partial charge in [0.2, 0.25) is 11.8 Å². The first-order valence-electron chi connectivity index (χ1n) is 10.3. The van der Waals surface area contributed by atoms with Crippen molar-refractivity contribution in [2.45, 2.75) is 19.9 Å². The quantitative estimate of drug-likeness (QED) is 0.740. The largest absolute Gasteiger partial charge is 0.335 e. The summed E-state index contributed by atoms with van der Waals surface area (Å²) in [6, 6.07) is 14.4. The van der Waals surface area contributed by atoms with Crippen LogP contribution in [0.3, 0.4) is 0 Å². The highest BCUT2D eigenvalue weighted by Gasteiger charge is 2.34. The van der Waals surface area contributed by atoms with Gasteiger partial charge in [0.05, 0.1) is 18.1 Å². The Kier molecular flexibility index (Phi) is 7.12. The third-order valence-corrected chi connectivity index (χ3v) is 7.21. The Hall–Kier alpha value is -2.71. The SMILES string of the molecule is Cc1cccc(C)c1NC(=O)CN(C)C(=O)C(c1ccccc1)N1CCS(=O)(=O)CC1. The fourth-order valence-electron chi connectivity index (χ4n) is 3.82. The van der Waals surface area contributed by atoms with Crippen molar-refractivity contribution in [3.8, 4) is 0 Å². The number of aryl methyl sites for hydroxylation is 2. The molecule has 0 aromatic heterocycles. The molecule has 3 rings (SSSR count). The second-order valence-electron chi connectivity index (χ2n) is 8.01. The van der Waals surface area contributed by atoms with Crippen LogP contribution in [-0.4, -0.2) is 68.2 Å². The molecule has 7 nitrogen and oxygen atoms in total. The van der Waals surface area contributed by atoms with E-state index < -0.39 is 15.9 Å². The van der Waals surface area contributed by atoms with Gasteiger partial charge in [-0.2, -0.15) is 0 Å². The zero-order chi connectivity index (χ0) is 22.6. The summed E-state index contributed by atoms with van der Waals surface area (Å²) >= 11 is 0. The lowest BCUT2D eigenvalue weighted by Gasteiger charge is -2.35. The van der Waals surface area contributed by atoms with Crippen LogP contribution in [-0.2, 0) is 19.4 Å². The highest BCUT2D eigenvalue weighted by Crippen LogP contribution is 2.25. The molecule has 1 fully saturated rings. The number of anilines is 1. The number of hydrogen-bond donors (Lipinski definition) is 1. The molecular formula is C23H29N3O4S. The molecule has 1 heterocycles. The summed E-state index contributed by atoms with van der Waals surface area (Å²) in [5.41, 5.74) is 3.46. The van der Waals surface area contributed by atoms with Gasteiger partial charge in [0.1, 0.15) is 6.04 Å². The van der Waals surface area contributed by atoms with Crippen LogP contribution >= 0.6 is 0 Å². The van der Waals surface area contributed by atoms with E-state index in [-0.39, 0.29) is 43.0 Å². The molecule has 0 radical (unpaired) electrons. The normalized spacial score (nSPS) is 17.0. The van der Waals surface area contributed by atoms with Crippen LogP contribution in [0.1, 0.15) is 22.7 Å². The number of nitrogens with zero attached hydrogens (tertiary/aromatic N) is 2. The number of rotatable bonds is 6. The van der Waals surface area contributed by atoms with E-state index in [0.29, 0.717) is 0 Å². The molecule has 2 amide bonds. The molecular weight excluding hydrogens is 414 g/mol. The van der Waals surface area contributed by atoms with Crippen molar-refractivity contribution in [2.24, 2.45) is 0 Å². The lowest BCUT2D eigenvalue weighted by atomic mass is 10.0. The molecule has 0 saturated carbocycles. The van der Waals surface area contributed by atoms with Gasteiger partial charge >= 0.3 is 0 Å². The third kappa shape index (κ3) is 5.71. The summed E-state index contributed by atoms with van der Waals surface area (Å²) in [4.78, 5) is 29.3. The summed E-state index contributed by atoms with van der Waals surface area (Å²) in [6.45, 7) is 4.33. The van der Waals surface area contributed by atoms with Crippen LogP contribution in [0.2, 0.25) is 0 Å². The summed E-state index contributed by atoms with van der Waals surface area (Å²) in [6.07, 6.45) is 0. The average Bonchev–Trinajstić information content (AvgIpc) is 2.73. The maximum absolute atomic E-state index is 13.4. The number of likely N-dealkylation sites (N-methyl/N-ethyl adjacent to an activating group) is 1. The summed E-state index contributed by atoms with van der Waals surface area (Å²) in [5.74, 6) is -0.454. The van der Waals surface area contributed by atoms with Crippen LogP contribution in [0.25, 0.3) is 0 Å². The van der Waals surface area contributed by atoms with E-state index in [1.165, 1.54) is 4.90 Å². The fourth-order valence-corrected chi connectivity index (χ4v) is 5.05. The first-order valence-corrected chi connectivity index (χ1v) is 12.1. The maximum Gasteiger partial charge on any atom is 0.244 e. The zero-order valence-electron chi connectivity index (χ0n) is 18.2. The standard InChI is InChI=1S/C23H29N3O4S/c1-17-8-7-9-18(2)21(17)24-20(27)16-25(3)23(28)22(19-10-5-4-6-11-19)26-12-14-31(29,30)15-13-26/h4-11,22H,12-16H2,1-3H3,(H,24,27). The number of amides is 2. The minimum Gasteiger partial charge on any atom is -0.335 e. The molecule has 1 unspecified atom stereocenters. The van der Waals surface area contributed by atoms with Crippen LogP contribution in [0.15, 0.2) is 48.5 Å². The Bertz CT molecular complexity index is 1020. The minimum atomic E-state index is -3.07. The number of hydrogen-bond acceptors (Lipinski definition) is 5.